The van der Waals surface area contributed by atoms with Crippen molar-refractivity contribution in [2.24, 2.45) is 0 Å². The van der Waals surface area contributed by atoms with Crippen molar-refractivity contribution in [3.05, 3.63) is 29.8 Å². The summed E-state index contributed by atoms with van der Waals surface area (Å²) < 4.78 is 10.3. The topological polar surface area (TPSA) is 55.8 Å². The summed E-state index contributed by atoms with van der Waals surface area (Å²) in [5, 5.41) is 9.79. The Balaban J connectivity index is 1.75. The normalized spacial score (nSPS) is 11.4. The number of phenolic OH excluding ortho intramolecular Hbond substituents is 1. The number of phenols is 1. The fourth-order valence-electron chi connectivity index (χ4n) is 5.61. The molecule has 0 saturated heterocycles. The molecule has 0 heterocycles. The number of esters is 1. The van der Waals surface area contributed by atoms with E-state index in [2.05, 4.69) is 6.92 Å². The number of benzene rings is 1. The molecular formula is C38H66O4. The molecule has 0 aromatic heterocycles. The van der Waals surface area contributed by atoms with Gasteiger partial charge in [0.15, 0.2) is 11.5 Å². The molecule has 4 nitrogen and oxygen atoms in total. The number of methoxy groups -OCH3 is 1. The molecule has 0 aliphatic heterocycles. The SMILES string of the molecule is CCCCCCCCCCCCCCCCCCCCCCCCCCCCOC(=O)/C=C/c1ccc(OC)c(O)c1. The van der Waals surface area contributed by atoms with Crippen LogP contribution in [0.1, 0.15) is 179 Å². The van der Waals surface area contributed by atoms with Gasteiger partial charge in [-0.2, -0.15) is 0 Å². The van der Waals surface area contributed by atoms with Gasteiger partial charge >= 0.3 is 5.97 Å². The van der Waals surface area contributed by atoms with E-state index in [1.165, 1.54) is 167 Å². The van der Waals surface area contributed by atoms with Gasteiger partial charge < -0.3 is 14.6 Å². The molecule has 1 rings (SSSR count). The number of hydrogen-bond acceptors (Lipinski definition) is 4. The molecule has 0 radical (unpaired) electrons. The monoisotopic (exact) mass is 586 g/mol. The first-order chi connectivity index (χ1) is 20.7. The third-order valence-electron chi connectivity index (χ3n) is 8.36. The summed E-state index contributed by atoms with van der Waals surface area (Å²) in [6.07, 6.45) is 39.1. The molecule has 0 atom stereocenters. The van der Waals surface area contributed by atoms with Crippen LogP contribution in [0.3, 0.4) is 0 Å². The zero-order valence-corrected chi connectivity index (χ0v) is 27.7. The van der Waals surface area contributed by atoms with Gasteiger partial charge in [0.2, 0.25) is 0 Å². The van der Waals surface area contributed by atoms with Crippen LogP contribution in [-0.4, -0.2) is 24.8 Å². The Bertz CT molecular complexity index is 772. The molecule has 4 heteroatoms. The zero-order valence-electron chi connectivity index (χ0n) is 27.7. The van der Waals surface area contributed by atoms with Gasteiger partial charge in [0, 0.05) is 6.08 Å². The van der Waals surface area contributed by atoms with Gasteiger partial charge in [-0.1, -0.05) is 174 Å². The van der Waals surface area contributed by atoms with Crippen molar-refractivity contribution in [2.75, 3.05) is 13.7 Å². The van der Waals surface area contributed by atoms with Crippen LogP contribution < -0.4 is 4.74 Å². The Morgan fingerprint density at radius 3 is 1.36 bits per heavy atom. The minimum Gasteiger partial charge on any atom is -0.504 e. The lowest BCUT2D eigenvalue weighted by molar-refractivity contribution is -0.137. The van der Waals surface area contributed by atoms with Gasteiger partial charge in [0.05, 0.1) is 13.7 Å². The van der Waals surface area contributed by atoms with Crippen molar-refractivity contribution in [1.82, 2.24) is 0 Å². The van der Waals surface area contributed by atoms with Crippen molar-refractivity contribution in [3.8, 4) is 11.5 Å². The summed E-state index contributed by atoms with van der Waals surface area (Å²) in [6, 6.07) is 5.01. The number of ether oxygens (including phenoxy) is 2. The van der Waals surface area contributed by atoms with E-state index in [9.17, 15) is 9.90 Å². The second-order valence-corrected chi connectivity index (χ2v) is 12.3. The lowest BCUT2D eigenvalue weighted by Gasteiger charge is -2.05. The Labute approximate surface area is 260 Å². The molecule has 0 bridgehead atoms. The molecule has 242 valence electrons. The van der Waals surface area contributed by atoms with Crippen LogP contribution in [0, 0.1) is 0 Å². The molecule has 42 heavy (non-hydrogen) atoms. The van der Waals surface area contributed by atoms with Crippen LogP contribution >= 0.6 is 0 Å². The minimum absolute atomic E-state index is 0.0543. The quantitative estimate of drug-likeness (QED) is 0.0553. The first kappa shape index (κ1) is 38.1. The Morgan fingerprint density at radius 2 is 1.00 bits per heavy atom. The van der Waals surface area contributed by atoms with Crippen LogP contribution in [0.2, 0.25) is 0 Å². The summed E-state index contributed by atoms with van der Waals surface area (Å²) >= 11 is 0. The summed E-state index contributed by atoms with van der Waals surface area (Å²) in [7, 11) is 1.51. The van der Waals surface area contributed by atoms with Gasteiger partial charge in [0.1, 0.15) is 0 Å². The summed E-state index contributed by atoms with van der Waals surface area (Å²) in [5.41, 5.74) is 0.727. The predicted molar refractivity (Wildman–Crippen MR) is 180 cm³/mol. The number of rotatable bonds is 30. The minimum atomic E-state index is -0.343. The van der Waals surface area contributed by atoms with Gasteiger partial charge in [-0.05, 0) is 30.2 Å². The lowest BCUT2D eigenvalue weighted by Crippen LogP contribution is -2.02. The molecule has 0 saturated carbocycles. The molecule has 0 spiro atoms. The Morgan fingerprint density at radius 1 is 0.619 bits per heavy atom. The smallest absolute Gasteiger partial charge is 0.330 e. The second kappa shape index (κ2) is 29.1. The fraction of sp³-hybridized carbons (Fsp3) is 0.763. The van der Waals surface area contributed by atoms with E-state index in [0.717, 1.165) is 18.4 Å². The van der Waals surface area contributed by atoms with E-state index < -0.39 is 0 Å². The van der Waals surface area contributed by atoms with Crippen molar-refractivity contribution in [2.45, 2.75) is 174 Å². The average Bonchev–Trinajstić information content (AvgIpc) is 2.99. The van der Waals surface area contributed by atoms with E-state index in [0.29, 0.717) is 12.4 Å². The number of unbranched alkanes of at least 4 members (excludes halogenated alkanes) is 25. The number of hydrogen-bond donors (Lipinski definition) is 1. The molecule has 0 amide bonds. The van der Waals surface area contributed by atoms with E-state index in [1.807, 2.05) is 0 Å². The largest absolute Gasteiger partial charge is 0.504 e. The van der Waals surface area contributed by atoms with Crippen molar-refractivity contribution >= 4 is 12.0 Å². The summed E-state index contributed by atoms with van der Waals surface area (Å²) in [4.78, 5) is 11.9. The molecule has 0 aliphatic carbocycles. The third kappa shape index (κ3) is 23.6. The molecule has 1 aromatic rings. The van der Waals surface area contributed by atoms with Crippen LogP contribution in [0.5, 0.6) is 11.5 Å². The van der Waals surface area contributed by atoms with Crippen LogP contribution in [-0.2, 0) is 9.53 Å². The highest BCUT2D eigenvalue weighted by molar-refractivity contribution is 5.87. The second-order valence-electron chi connectivity index (χ2n) is 12.3. The maximum atomic E-state index is 11.9. The van der Waals surface area contributed by atoms with Crippen LogP contribution in [0.4, 0.5) is 0 Å². The fourth-order valence-corrected chi connectivity index (χ4v) is 5.61. The van der Waals surface area contributed by atoms with Crippen LogP contribution in [0.25, 0.3) is 6.08 Å². The highest BCUT2D eigenvalue weighted by Gasteiger charge is 2.02. The zero-order chi connectivity index (χ0) is 30.4. The Kier molecular flexibility index (Phi) is 26.4. The highest BCUT2D eigenvalue weighted by Crippen LogP contribution is 2.26. The molecule has 0 aliphatic rings. The molecule has 1 N–H and O–H groups in total. The molecule has 0 unspecified atom stereocenters. The van der Waals surface area contributed by atoms with Crippen molar-refractivity contribution < 1.29 is 19.4 Å². The molecule has 1 aromatic carbocycles. The molecule has 0 fully saturated rings. The van der Waals surface area contributed by atoms with Gasteiger partial charge in [0.25, 0.3) is 0 Å². The highest BCUT2D eigenvalue weighted by atomic mass is 16.5. The predicted octanol–water partition coefficient (Wildman–Crippen LogP) is 12.1. The van der Waals surface area contributed by atoms with Crippen molar-refractivity contribution in [1.29, 1.82) is 0 Å². The van der Waals surface area contributed by atoms with E-state index >= 15 is 0 Å². The summed E-state index contributed by atoms with van der Waals surface area (Å²) in [6.45, 7) is 2.76. The maximum Gasteiger partial charge on any atom is 0.330 e. The number of carbonyl (C=O) groups is 1. The lowest BCUT2D eigenvalue weighted by atomic mass is 10.0. The van der Waals surface area contributed by atoms with Crippen molar-refractivity contribution in [3.63, 3.8) is 0 Å². The summed E-state index contributed by atoms with van der Waals surface area (Å²) in [5.74, 6) is 0.124. The first-order valence-electron chi connectivity index (χ1n) is 17.9. The van der Waals surface area contributed by atoms with Gasteiger partial charge in [-0.3, -0.25) is 0 Å². The number of aromatic hydroxyl groups is 1. The van der Waals surface area contributed by atoms with Gasteiger partial charge in [-0.25, -0.2) is 4.79 Å². The Hall–Kier alpha value is -1.97. The van der Waals surface area contributed by atoms with E-state index in [1.54, 1.807) is 24.3 Å². The third-order valence-corrected chi connectivity index (χ3v) is 8.36. The number of carbonyl (C=O) groups excluding carboxylic acids is 1. The van der Waals surface area contributed by atoms with E-state index in [-0.39, 0.29) is 11.7 Å². The standard InChI is InChI=1S/C38H66O4/c1-3-4-5-6-7-8-9-10-11-12-13-14-15-16-17-18-19-20-21-22-23-24-25-26-27-28-33-42-38(40)32-30-35-29-31-37(41-2)36(39)34-35/h29-32,34,39H,3-28,33H2,1-2H3/b32-30+. The molecular weight excluding hydrogens is 520 g/mol. The average molecular weight is 587 g/mol. The first-order valence-corrected chi connectivity index (χ1v) is 17.9. The van der Waals surface area contributed by atoms with Gasteiger partial charge in [-0.15, -0.1) is 0 Å². The maximum absolute atomic E-state index is 11.9. The van der Waals surface area contributed by atoms with Crippen LogP contribution in [0.15, 0.2) is 24.3 Å². The van der Waals surface area contributed by atoms with E-state index in [4.69, 9.17) is 9.47 Å².